The molecule has 172 valence electrons. The number of amides is 2. The van der Waals surface area contributed by atoms with Crippen LogP contribution in [0.15, 0.2) is 36.4 Å². The van der Waals surface area contributed by atoms with Crippen molar-refractivity contribution < 1.29 is 27.2 Å². The van der Waals surface area contributed by atoms with Crippen molar-refractivity contribution in [2.24, 2.45) is 12.8 Å². The van der Waals surface area contributed by atoms with Crippen LogP contribution in [-0.4, -0.2) is 28.1 Å². The van der Waals surface area contributed by atoms with Crippen molar-refractivity contribution in [2.75, 3.05) is 17.2 Å². The molecule has 0 unspecified atom stereocenters. The summed E-state index contributed by atoms with van der Waals surface area (Å²) in [4.78, 5) is 26.0. The Bertz CT molecular complexity index is 1280. The maximum absolute atomic E-state index is 15.4. The number of hydrogen-bond donors (Lipinski definition) is 2. The molecule has 0 radical (unpaired) electrons. The van der Waals surface area contributed by atoms with Gasteiger partial charge in [0.25, 0.3) is 5.91 Å². The van der Waals surface area contributed by atoms with Crippen LogP contribution in [0.3, 0.4) is 0 Å². The van der Waals surface area contributed by atoms with Crippen LogP contribution in [-0.2, 0) is 30.9 Å². The minimum absolute atomic E-state index is 0.00320. The van der Waals surface area contributed by atoms with Crippen LogP contribution in [0.4, 0.5) is 29.1 Å². The lowest BCUT2D eigenvalue weighted by molar-refractivity contribution is -0.137. The first kappa shape index (κ1) is 22.3. The summed E-state index contributed by atoms with van der Waals surface area (Å²) in [7, 11) is 1.49. The minimum Gasteiger partial charge on any atom is -0.383 e. The number of nitrogen functional groups attached to an aromatic ring is 1. The van der Waals surface area contributed by atoms with E-state index in [2.05, 4.69) is 5.10 Å². The van der Waals surface area contributed by atoms with E-state index in [1.54, 1.807) is 0 Å². The van der Waals surface area contributed by atoms with E-state index < -0.39 is 29.4 Å². The molecule has 2 aromatic carbocycles. The Morgan fingerprint density at radius 3 is 2.58 bits per heavy atom. The molecule has 0 fully saturated rings. The summed E-state index contributed by atoms with van der Waals surface area (Å²) < 4.78 is 55.5. The number of hydrogen-bond acceptors (Lipinski definition) is 4. The quantitative estimate of drug-likeness (QED) is 0.583. The number of nitrogens with two attached hydrogens (primary N) is 2. The highest BCUT2D eigenvalue weighted by Crippen LogP contribution is 2.37. The van der Waals surface area contributed by atoms with Gasteiger partial charge in [-0.15, -0.1) is 0 Å². The number of fused-ring (bicyclic) bond motifs is 1. The van der Waals surface area contributed by atoms with Crippen LogP contribution in [0.5, 0.6) is 0 Å². The first-order valence-corrected chi connectivity index (χ1v) is 9.89. The molecule has 4 rings (SSSR count). The number of anilines is 2. The molecule has 7 nitrogen and oxygen atoms in total. The highest BCUT2D eigenvalue weighted by Gasteiger charge is 2.32. The largest absolute Gasteiger partial charge is 0.416 e. The summed E-state index contributed by atoms with van der Waals surface area (Å²) in [6.45, 7) is 0.167. The predicted molar refractivity (Wildman–Crippen MR) is 113 cm³/mol. The second-order valence-electron chi connectivity index (χ2n) is 7.69. The molecule has 3 aromatic rings. The number of carbonyl (C=O) groups excluding carboxylic acids is 2. The van der Waals surface area contributed by atoms with E-state index >= 15 is 4.39 Å². The van der Waals surface area contributed by atoms with Gasteiger partial charge in [-0.1, -0.05) is 18.2 Å². The molecule has 4 N–H and O–H groups in total. The third-order valence-electron chi connectivity index (χ3n) is 5.60. The van der Waals surface area contributed by atoms with Crippen molar-refractivity contribution in [3.05, 3.63) is 64.5 Å². The smallest absolute Gasteiger partial charge is 0.383 e. The van der Waals surface area contributed by atoms with E-state index in [0.717, 1.165) is 12.1 Å². The normalized spacial score (nSPS) is 13.3. The lowest BCUT2D eigenvalue weighted by Crippen LogP contribution is -2.30. The maximum atomic E-state index is 15.4. The number of alkyl halides is 3. The first-order valence-electron chi connectivity index (χ1n) is 9.89. The average molecular weight is 461 g/mol. The number of aromatic nitrogens is 2. The van der Waals surface area contributed by atoms with Crippen molar-refractivity contribution in [3.63, 3.8) is 0 Å². The van der Waals surface area contributed by atoms with E-state index in [1.807, 2.05) is 0 Å². The van der Waals surface area contributed by atoms with Gasteiger partial charge in [-0.25, -0.2) is 4.39 Å². The Labute approximate surface area is 185 Å². The number of aryl methyl sites for hydroxylation is 1. The second kappa shape index (κ2) is 7.91. The summed E-state index contributed by atoms with van der Waals surface area (Å²) >= 11 is 0. The van der Waals surface area contributed by atoms with Crippen molar-refractivity contribution >= 4 is 23.3 Å². The summed E-state index contributed by atoms with van der Waals surface area (Å²) in [5.41, 5.74) is 11.0. The summed E-state index contributed by atoms with van der Waals surface area (Å²) in [5.74, 6) is -1.98. The molecule has 0 spiro atoms. The third kappa shape index (κ3) is 3.90. The standard InChI is InChI=1S/C22H19F4N5O2/c1-30-20(27)17(21(28)33)19(29-30)14-5-6-15-13(18(14)23)7-8-31(15)16(32)10-11-3-2-4-12(9-11)22(24,25)26/h2-6,9H,7-8,10,27H2,1H3,(H2,28,33). The summed E-state index contributed by atoms with van der Waals surface area (Å²) in [5, 5.41) is 4.10. The molecular weight excluding hydrogens is 442 g/mol. The lowest BCUT2D eigenvalue weighted by Gasteiger charge is -2.18. The topological polar surface area (TPSA) is 107 Å². The zero-order valence-electron chi connectivity index (χ0n) is 17.4. The van der Waals surface area contributed by atoms with Crippen LogP contribution in [0.25, 0.3) is 11.3 Å². The van der Waals surface area contributed by atoms with Gasteiger partial charge in [0.2, 0.25) is 5.91 Å². The number of halogens is 4. The van der Waals surface area contributed by atoms with Gasteiger partial charge in [0, 0.05) is 30.4 Å². The summed E-state index contributed by atoms with van der Waals surface area (Å²) in [6.07, 6.45) is -4.59. The third-order valence-corrected chi connectivity index (χ3v) is 5.60. The van der Waals surface area contributed by atoms with E-state index in [0.29, 0.717) is 5.69 Å². The van der Waals surface area contributed by atoms with Gasteiger partial charge in [0.15, 0.2) is 0 Å². The number of nitrogens with zero attached hydrogens (tertiary/aromatic N) is 3. The molecule has 1 aromatic heterocycles. The molecule has 2 heterocycles. The Kier molecular flexibility index (Phi) is 5.35. The van der Waals surface area contributed by atoms with Gasteiger partial charge in [-0.2, -0.15) is 18.3 Å². The highest BCUT2D eigenvalue weighted by atomic mass is 19.4. The zero-order valence-corrected chi connectivity index (χ0v) is 17.4. The Morgan fingerprint density at radius 2 is 1.91 bits per heavy atom. The predicted octanol–water partition coefficient (Wildman–Crippen LogP) is 3.06. The summed E-state index contributed by atoms with van der Waals surface area (Å²) in [6, 6.07) is 7.42. The van der Waals surface area contributed by atoms with Gasteiger partial charge in [0.05, 0.1) is 12.0 Å². The molecule has 0 saturated heterocycles. The Hall–Kier alpha value is -3.89. The first-order chi connectivity index (χ1) is 15.5. The molecule has 0 bridgehead atoms. The van der Waals surface area contributed by atoms with Gasteiger partial charge < -0.3 is 16.4 Å². The van der Waals surface area contributed by atoms with E-state index in [1.165, 1.54) is 40.9 Å². The Morgan fingerprint density at radius 1 is 1.18 bits per heavy atom. The Balaban J connectivity index is 1.64. The fourth-order valence-corrected chi connectivity index (χ4v) is 3.98. The SMILES string of the molecule is Cn1nc(-c2ccc3c(c2F)CCN3C(=O)Cc2cccc(C(F)(F)F)c2)c(C(N)=O)c1N. The molecule has 33 heavy (non-hydrogen) atoms. The molecule has 2 amide bonds. The van der Waals surface area contributed by atoms with E-state index in [9.17, 15) is 22.8 Å². The fourth-order valence-electron chi connectivity index (χ4n) is 3.98. The lowest BCUT2D eigenvalue weighted by atomic mass is 10.0. The van der Waals surface area contributed by atoms with Crippen LogP contribution >= 0.6 is 0 Å². The minimum atomic E-state index is -4.52. The molecule has 0 atom stereocenters. The van der Waals surface area contributed by atoms with Crippen LogP contribution in [0.1, 0.15) is 27.0 Å². The number of carbonyl (C=O) groups is 2. The second-order valence-corrected chi connectivity index (χ2v) is 7.69. The average Bonchev–Trinajstić information content (AvgIpc) is 3.30. The van der Waals surface area contributed by atoms with Crippen molar-refractivity contribution in [1.29, 1.82) is 0 Å². The van der Waals surface area contributed by atoms with Gasteiger partial charge in [0.1, 0.15) is 22.9 Å². The number of benzene rings is 2. The number of primary amides is 1. The van der Waals surface area contributed by atoms with E-state index in [-0.39, 0.29) is 53.2 Å². The fraction of sp³-hybridized carbons (Fsp3) is 0.227. The molecular formula is C22H19F4N5O2. The van der Waals surface area contributed by atoms with Crippen LogP contribution < -0.4 is 16.4 Å². The molecule has 11 heteroatoms. The molecule has 1 aliphatic heterocycles. The monoisotopic (exact) mass is 461 g/mol. The van der Waals surface area contributed by atoms with Gasteiger partial charge in [-0.05, 0) is 30.2 Å². The molecule has 0 saturated carbocycles. The number of rotatable bonds is 4. The van der Waals surface area contributed by atoms with Crippen molar-refractivity contribution in [1.82, 2.24) is 9.78 Å². The van der Waals surface area contributed by atoms with Crippen molar-refractivity contribution in [3.8, 4) is 11.3 Å². The molecule has 0 aliphatic carbocycles. The zero-order chi connectivity index (χ0) is 24.1. The molecule has 1 aliphatic rings. The van der Waals surface area contributed by atoms with Crippen molar-refractivity contribution in [2.45, 2.75) is 19.0 Å². The van der Waals surface area contributed by atoms with Crippen LogP contribution in [0.2, 0.25) is 0 Å². The van der Waals surface area contributed by atoms with E-state index in [4.69, 9.17) is 11.5 Å². The highest BCUT2D eigenvalue weighted by molar-refractivity contribution is 6.04. The van der Waals surface area contributed by atoms with Crippen LogP contribution in [0, 0.1) is 5.82 Å². The van der Waals surface area contributed by atoms with Gasteiger partial charge >= 0.3 is 6.18 Å². The van der Waals surface area contributed by atoms with Gasteiger partial charge in [-0.3, -0.25) is 14.3 Å². The maximum Gasteiger partial charge on any atom is 0.416 e.